The first kappa shape index (κ1) is 35.4. The third kappa shape index (κ3) is 12.1. The minimum atomic E-state index is -1.19. The minimum absolute atomic E-state index is 0.00212. The van der Waals surface area contributed by atoms with Gasteiger partial charge in [-0.2, -0.15) is 4.99 Å². The fourth-order valence-corrected chi connectivity index (χ4v) is 4.98. The first-order valence-electron chi connectivity index (χ1n) is 15.2. The summed E-state index contributed by atoms with van der Waals surface area (Å²) in [5.41, 5.74) is 5.47. The fourth-order valence-electron chi connectivity index (χ4n) is 4.98. The third-order valence-electron chi connectivity index (χ3n) is 7.04. The number of alkyl carbamates (subject to hydrolysis) is 1. The lowest BCUT2D eigenvalue weighted by Crippen LogP contribution is -2.48. The van der Waals surface area contributed by atoms with Gasteiger partial charge in [0.05, 0.1) is 12.6 Å². The number of amidine groups is 1. The Morgan fingerprint density at radius 2 is 1.71 bits per heavy atom. The highest BCUT2D eigenvalue weighted by Gasteiger charge is 2.39. The lowest BCUT2D eigenvalue weighted by molar-refractivity contribution is -0.139. The van der Waals surface area contributed by atoms with E-state index < -0.39 is 53.6 Å². The van der Waals surface area contributed by atoms with Crippen molar-refractivity contribution < 1.29 is 43.2 Å². The summed E-state index contributed by atoms with van der Waals surface area (Å²) in [6.45, 7) is 12.2. The monoisotopic (exact) mass is 633 g/mol. The van der Waals surface area contributed by atoms with Crippen LogP contribution in [0.3, 0.4) is 0 Å². The number of piperidine rings is 1. The number of carbonyl (C=O) groups is 4. The molecule has 3 unspecified atom stereocenters. The van der Waals surface area contributed by atoms with E-state index >= 15 is 0 Å². The standard InChI is InChI=1S/C31H47N5O9/c1-30(2,3)44-27(39)34-23(26(37)38)15-19-7-9-21(10-8-19)42-18-22-17-36(29(41)43-22)24(16-20-11-13-33-14-12-20)25(32)35-28(40)45-31(4,5)6/h7-10,20,22-24,33H,11-18H2,1-6H3,(H,34,39)(H,37,38)(H2,32,35,40). The number of ether oxygens (including phenoxy) is 4. The molecule has 45 heavy (non-hydrogen) atoms. The Kier molecular flexibility index (Phi) is 12.0. The van der Waals surface area contributed by atoms with Gasteiger partial charge in [0.25, 0.3) is 0 Å². The van der Waals surface area contributed by atoms with Crippen molar-refractivity contribution in [3.05, 3.63) is 29.8 Å². The quantitative estimate of drug-likeness (QED) is 0.159. The molecule has 0 bridgehead atoms. The van der Waals surface area contributed by atoms with Crippen LogP contribution >= 0.6 is 0 Å². The summed E-state index contributed by atoms with van der Waals surface area (Å²) < 4.78 is 21.9. The average molecular weight is 634 g/mol. The zero-order valence-corrected chi connectivity index (χ0v) is 27.0. The van der Waals surface area contributed by atoms with Crippen molar-refractivity contribution in [2.24, 2.45) is 16.6 Å². The van der Waals surface area contributed by atoms with Gasteiger partial charge < -0.3 is 40.4 Å². The van der Waals surface area contributed by atoms with E-state index in [1.54, 1.807) is 65.8 Å². The number of carboxylic acid groups (broad SMARTS) is 1. The number of nitrogens with zero attached hydrogens (tertiary/aromatic N) is 2. The second kappa shape index (κ2) is 15.3. The van der Waals surface area contributed by atoms with Gasteiger partial charge >= 0.3 is 24.2 Å². The first-order valence-corrected chi connectivity index (χ1v) is 15.2. The predicted molar refractivity (Wildman–Crippen MR) is 165 cm³/mol. The van der Waals surface area contributed by atoms with Crippen LogP contribution in [0.4, 0.5) is 14.4 Å². The summed E-state index contributed by atoms with van der Waals surface area (Å²) >= 11 is 0. The van der Waals surface area contributed by atoms with E-state index in [-0.39, 0.29) is 31.3 Å². The van der Waals surface area contributed by atoms with Crippen molar-refractivity contribution >= 4 is 30.1 Å². The maximum absolute atomic E-state index is 13.0. The lowest BCUT2D eigenvalue weighted by Gasteiger charge is -2.31. The number of rotatable bonds is 11. The number of aliphatic imine (C=N–C) groups is 1. The zero-order valence-electron chi connectivity index (χ0n) is 27.0. The summed E-state index contributed by atoms with van der Waals surface area (Å²) in [6.07, 6.45) is -0.419. The minimum Gasteiger partial charge on any atom is -0.490 e. The number of hydrogen-bond donors (Lipinski definition) is 4. The number of carbonyl (C=O) groups excluding carboxylic acids is 3. The maximum atomic E-state index is 13.0. The number of amides is 3. The molecule has 250 valence electrons. The summed E-state index contributed by atoms with van der Waals surface area (Å²) in [6, 6.07) is 4.90. The van der Waals surface area contributed by atoms with Crippen molar-refractivity contribution in [1.82, 2.24) is 15.5 Å². The molecule has 0 saturated carbocycles. The van der Waals surface area contributed by atoms with Gasteiger partial charge in [-0.25, -0.2) is 19.2 Å². The SMILES string of the molecule is CC(C)(C)OC(=O)N=C(N)C(CC1CCNCC1)N1CC(COc2ccc(CC(NC(=O)OC(C)(C)C)C(=O)O)cc2)OC1=O. The number of benzene rings is 1. The molecule has 0 radical (unpaired) electrons. The molecular formula is C31H47N5O9. The highest BCUT2D eigenvalue weighted by atomic mass is 16.6. The highest BCUT2D eigenvalue weighted by molar-refractivity contribution is 5.96. The summed E-state index contributed by atoms with van der Waals surface area (Å²) in [5, 5.41) is 15.3. The van der Waals surface area contributed by atoms with Crippen LogP contribution in [0, 0.1) is 5.92 Å². The van der Waals surface area contributed by atoms with Crippen LogP contribution in [0.15, 0.2) is 29.3 Å². The van der Waals surface area contributed by atoms with E-state index in [0.717, 1.165) is 25.9 Å². The van der Waals surface area contributed by atoms with Crippen molar-refractivity contribution in [1.29, 1.82) is 0 Å². The van der Waals surface area contributed by atoms with E-state index in [0.29, 0.717) is 17.7 Å². The molecule has 3 amide bonds. The van der Waals surface area contributed by atoms with Gasteiger partial charge in [-0.3, -0.25) is 4.90 Å². The molecule has 2 fully saturated rings. The number of carboxylic acids is 1. The largest absolute Gasteiger partial charge is 0.490 e. The van der Waals surface area contributed by atoms with Crippen LogP contribution in [-0.2, 0) is 25.4 Å². The summed E-state index contributed by atoms with van der Waals surface area (Å²) in [7, 11) is 0. The Morgan fingerprint density at radius 1 is 1.09 bits per heavy atom. The molecule has 2 heterocycles. The van der Waals surface area contributed by atoms with Gasteiger partial charge in [-0.1, -0.05) is 12.1 Å². The second-order valence-electron chi connectivity index (χ2n) is 13.3. The van der Waals surface area contributed by atoms with Gasteiger partial charge in [0, 0.05) is 6.42 Å². The van der Waals surface area contributed by atoms with Crippen LogP contribution in [0.5, 0.6) is 5.75 Å². The number of nitrogens with two attached hydrogens (primary N) is 1. The number of nitrogens with one attached hydrogen (secondary N) is 2. The fraction of sp³-hybridized carbons (Fsp3) is 0.645. The highest BCUT2D eigenvalue weighted by Crippen LogP contribution is 2.25. The molecule has 5 N–H and O–H groups in total. The zero-order chi connectivity index (χ0) is 33.4. The van der Waals surface area contributed by atoms with Crippen LogP contribution in [-0.4, -0.2) is 95.7 Å². The molecule has 3 rings (SSSR count). The average Bonchev–Trinajstić information content (AvgIpc) is 3.29. The summed E-state index contributed by atoms with van der Waals surface area (Å²) in [5.74, 6) is -0.426. The third-order valence-corrected chi connectivity index (χ3v) is 7.04. The molecule has 2 saturated heterocycles. The molecule has 1 aromatic rings. The molecule has 2 aliphatic rings. The Morgan fingerprint density at radius 3 is 2.29 bits per heavy atom. The van der Waals surface area contributed by atoms with Crippen molar-refractivity contribution in [3.63, 3.8) is 0 Å². The van der Waals surface area contributed by atoms with Crippen LogP contribution in [0.2, 0.25) is 0 Å². The van der Waals surface area contributed by atoms with Crippen LogP contribution < -0.4 is 21.1 Å². The second-order valence-corrected chi connectivity index (χ2v) is 13.3. The van der Waals surface area contributed by atoms with Crippen LogP contribution in [0.1, 0.15) is 66.4 Å². The molecule has 0 aromatic heterocycles. The topological polar surface area (TPSA) is 191 Å². The van der Waals surface area contributed by atoms with Crippen molar-refractivity contribution in [2.45, 2.75) is 96.6 Å². The molecule has 2 aliphatic heterocycles. The predicted octanol–water partition coefficient (Wildman–Crippen LogP) is 3.46. The molecule has 3 atom stereocenters. The Hall–Kier alpha value is -4.07. The number of aliphatic carboxylic acids is 1. The van der Waals surface area contributed by atoms with Gasteiger partial charge in [0.2, 0.25) is 0 Å². The molecule has 1 aromatic carbocycles. The maximum Gasteiger partial charge on any atom is 0.435 e. The molecule has 0 spiro atoms. The van der Waals surface area contributed by atoms with Crippen molar-refractivity contribution in [3.8, 4) is 5.75 Å². The van der Waals surface area contributed by atoms with Gasteiger partial charge in [-0.05, 0) is 97.5 Å². The van der Waals surface area contributed by atoms with Gasteiger partial charge in [0.1, 0.15) is 35.4 Å². The van der Waals surface area contributed by atoms with E-state index in [9.17, 15) is 24.3 Å². The van der Waals surface area contributed by atoms with Crippen LogP contribution in [0.25, 0.3) is 0 Å². The molecular weight excluding hydrogens is 586 g/mol. The molecule has 0 aliphatic carbocycles. The first-order chi connectivity index (χ1) is 21.0. The molecule has 14 heteroatoms. The van der Waals surface area contributed by atoms with Gasteiger partial charge in [0.15, 0.2) is 6.10 Å². The van der Waals surface area contributed by atoms with Crippen molar-refractivity contribution in [2.75, 3.05) is 26.2 Å². The van der Waals surface area contributed by atoms with Gasteiger partial charge in [-0.15, -0.1) is 0 Å². The number of hydrogen-bond acceptors (Lipinski definition) is 9. The van der Waals surface area contributed by atoms with E-state index in [1.165, 1.54) is 4.90 Å². The normalized spacial score (nSPS) is 19.3. The molecule has 14 nitrogen and oxygen atoms in total. The summed E-state index contributed by atoms with van der Waals surface area (Å²) in [4.78, 5) is 54.6. The smallest absolute Gasteiger partial charge is 0.435 e. The Balaban J connectivity index is 1.61. The Bertz CT molecular complexity index is 1220. The number of cyclic esters (lactones) is 1. The van der Waals surface area contributed by atoms with E-state index in [4.69, 9.17) is 24.7 Å². The Labute approximate surface area is 264 Å². The lowest BCUT2D eigenvalue weighted by atomic mass is 9.90. The van der Waals surface area contributed by atoms with E-state index in [1.807, 2.05) is 0 Å². The van der Waals surface area contributed by atoms with E-state index in [2.05, 4.69) is 15.6 Å².